The maximum Gasteiger partial charge on any atom is 0.466 e. The molecule has 0 saturated carbocycles. The lowest BCUT2D eigenvalue weighted by molar-refractivity contribution is -0.890. The van der Waals surface area contributed by atoms with Crippen molar-refractivity contribution in [3.8, 4) is 0 Å². The summed E-state index contributed by atoms with van der Waals surface area (Å²) in [4.78, 5) is 46.8. The van der Waals surface area contributed by atoms with Crippen molar-refractivity contribution >= 4 is 15.6 Å². The number of rotatable bonds is 24. The van der Waals surface area contributed by atoms with Gasteiger partial charge >= 0.3 is 7.82 Å². The highest BCUT2D eigenvalue weighted by atomic mass is 31.2. The van der Waals surface area contributed by atoms with Crippen molar-refractivity contribution in [2.24, 2.45) is 0 Å². The fraction of sp³-hybridized carbons (Fsp3) is 1.00. The zero-order valence-corrected chi connectivity index (χ0v) is 31.0. The Morgan fingerprint density at radius 3 is 0.953 bits per heavy atom. The molecule has 0 unspecified atom stereocenters. The average Bonchev–Trinajstić information content (AvgIpc) is 2.85. The van der Waals surface area contributed by atoms with E-state index in [1.54, 1.807) is 0 Å². The van der Waals surface area contributed by atoms with Crippen LogP contribution in [0.4, 0.5) is 0 Å². The molecule has 0 aliphatic rings. The molecule has 0 aliphatic carbocycles. The van der Waals surface area contributed by atoms with Gasteiger partial charge in [-0.05, 0) is 52.7 Å². The Hall–Kier alpha value is 0.140. The van der Waals surface area contributed by atoms with Gasteiger partial charge in [0.1, 0.15) is 0 Å². The number of phosphoric acid groups is 2. The highest BCUT2D eigenvalue weighted by Gasteiger charge is 2.13. The minimum absolute atomic E-state index is 1.24. The van der Waals surface area contributed by atoms with Gasteiger partial charge in [0.05, 0.1) is 27.2 Å². The predicted octanol–water partition coefficient (Wildman–Crippen LogP) is 7.37. The van der Waals surface area contributed by atoms with Crippen molar-refractivity contribution in [3.63, 3.8) is 0 Å². The number of hydrogen-bond donors (Lipinski definition) is 5. The molecule has 0 heterocycles. The lowest BCUT2D eigenvalue weighted by atomic mass is 10.1. The Labute approximate surface area is 266 Å². The summed E-state index contributed by atoms with van der Waals surface area (Å²) in [5, 5.41) is 0. The fourth-order valence-electron chi connectivity index (χ4n) is 4.49. The molecule has 0 rings (SSSR count). The first-order chi connectivity index (χ1) is 19.9. The maximum atomic E-state index is 8.88. The maximum absolute atomic E-state index is 8.88. The van der Waals surface area contributed by atoms with E-state index in [0.29, 0.717) is 0 Å². The molecule has 5 N–H and O–H groups in total. The van der Waals surface area contributed by atoms with Crippen LogP contribution in [0.1, 0.15) is 156 Å². The molecule has 10 nitrogen and oxygen atoms in total. The monoisotopic (exact) mass is 664 g/mol. The standard InChI is InChI=1S/C17H38N.C14H31N.2H3O4P/c1-5-7-9-11-13-15-17-18(3,4)16-14-12-10-8-6-2;1-4-5-6-7-8-9-10-11-12-13-14-15(2)3;2*1-5(2,3)4/h5-17H2,1-4H3;4-14H2,1-3H3;2*(H3,1,2,3,4)/q+1;;;/p-1. The van der Waals surface area contributed by atoms with Crippen LogP contribution in [0.15, 0.2) is 0 Å². The van der Waals surface area contributed by atoms with E-state index in [1.165, 1.54) is 159 Å². The zero-order valence-electron chi connectivity index (χ0n) is 29.2. The molecule has 0 fully saturated rings. The lowest BCUT2D eigenvalue weighted by Gasteiger charge is -2.30. The summed E-state index contributed by atoms with van der Waals surface area (Å²) in [6.07, 6.45) is 30.0. The van der Waals surface area contributed by atoms with Crippen molar-refractivity contribution in [3.05, 3.63) is 0 Å². The van der Waals surface area contributed by atoms with Crippen LogP contribution in [0.2, 0.25) is 0 Å². The van der Waals surface area contributed by atoms with Crippen molar-refractivity contribution in [1.82, 2.24) is 4.90 Å². The topological polar surface area (TPSA) is 162 Å². The summed E-state index contributed by atoms with van der Waals surface area (Å²) in [5.74, 6) is 0. The summed E-state index contributed by atoms with van der Waals surface area (Å²) >= 11 is 0. The van der Waals surface area contributed by atoms with E-state index < -0.39 is 15.6 Å². The van der Waals surface area contributed by atoms with Crippen LogP contribution in [0.3, 0.4) is 0 Å². The highest BCUT2D eigenvalue weighted by Crippen LogP contribution is 2.25. The SMILES string of the molecule is CCCCCCCCCCCCN(C)C.CCCCCCCC[N+](C)(C)CCCCCCC.O=P(O)(O)O.O=P([O-])(O)O. The summed E-state index contributed by atoms with van der Waals surface area (Å²) in [7, 11) is -0.390. The molecular weight excluding hydrogens is 590 g/mol. The molecule has 0 aliphatic heterocycles. The van der Waals surface area contributed by atoms with E-state index in [-0.39, 0.29) is 0 Å². The average molecular weight is 665 g/mol. The highest BCUT2D eigenvalue weighted by molar-refractivity contribution is 7.45. The van der Waals surface area contributed by atoms with Gasteiger partial charge in [-0.1, -0.05) is 124 Å². The first kappa shape index (κ1) is 50.0. The Morgan fingerprint density at radius 1 is 0.512 bits per heavy atom. The fourth-order valence-corrected chi connectivity index (χ4v) is 4.49. The van der Waals surface area contributed by atoms with Gasteiger partial charge in [-0.2, -0.15) is 0 Å². The van der Waals surface area contributed by atoms with Crippen LogP contribution < -0.4 is 4.89 Å². The quantitative estimate of drug-likeness (QED) is 0.0403. The second-order valence-corrected chi connectivity index (χ2v) is 14.6. The molecular formula is C31H74N2O8P2. The van der Waals surface area contributed by atoms with E-state index >= 15 is 0 Å². The molecule has 0 saturated heterocycles. The van der Waals surface area contributed by atoms with Gasteiger partial charge < -0.3 is 38.7 Å². The minimum atomic E-state index is -4.89. The van der Waals surface area contributed by atoms with E-state index in [4.69, 9.17) is 38.5 Å². The van der Waals surface area contributed by atoms with Crippen molar-refractivity contribution in [1.29, 1.82) is 0 Å². The molecule has 0 aromatic rings. The number of hydrogen-bond acceptors (Lipinski definition) is 4. The number of unbranched alkanes of at least 4 members (excludes halogenated alkanes) is 18. The largest absolute Gasteiger partial charge is 0.756 e. The van der Waals surface area contributed by atoms with Crippen molar-refractivity contribution in [2.75, 3.05) is 47.8 Å². The van der Waals surface area contributed by atoms with E-state index in [2.05, 4.69) is 53.9 Å². The van der Waals surface area contributed by atoms with E-state index in [9.17, 15) is 0 Å². The third-order valence-corrected chi connectivity index (χ3v) is 6.94. The van der Waals surface area contributed by atoms with Crippen LogP contribution in [0.5, 0.6) is 0 Å². The Bertz CT molecular complexity index is 592. The third kappa shape index (κ3) is 80.0. The van der Waals surface area contributed by atoms with Gasteiger partial charge in [0.25, 0.3) is 7.82 Å². The first-order valence-electron chi connectivity index (χ1n) is 16.9. The molecule has 43 heavy (non-hydrogen) atoms. The van der Waals surface area contributed by atoms with Gasteiger partial charge in [0.2, 0.25) is 0 Å². The Balaban J connectivity index is -0.000000271. The van der Waals surface area contributed by atoms with Gasteiger partial charge in [0, 0.05) is 0 Å². The lowest BCUT2D eigenvalue weighted by Crippen LogP contribution is -2.41. The molecule has 0 aromatic heterocycles. The van der Waals surface area contributed by atoms with Gasteiger partial charge in [-0.15, -0.1) is 0 Å². The minimum Gasteiger partial charge on any atom is -0.756 e. The number of quaternary nitrogens is 1. The van der Waals surface area contributed by atoms with Crippen LogP contribution in [-0.2, 0) is 9.13 Å². The normalized spacial score (nSPS) is 11.7. The summed E-state index contributed by atoms with van der Waals surface area (Å²) in [5.41, 5.74) is 0. The zero-order chi connectivity index (χ0) is 34.0. The van der Waals surface area contributed by atoms with Crippen LogP contribution in [0, 0.1) is 0 Å². The molecule has 0 amide bonds. The van der Waals surface area contributed by atoms with Crippen LogP contribution >= 0.6 is 15.6 Å². The first-order valence-corrected chi connectivity index (χ1v) is 20.0. The van der Waals surface area contributed by atoms with Gasteiger partial charge in [-0.3, -0.25) is 4.57 Å². The molecule has 0 bridgehead atoms. The summed E-state index contributed by atoms with van der Waals surface area (Å²) < 4.78 is 18.9. The van der Waals surface area contributed by atoms with Crippen LogP contribution in [-0.4, -0.2) is 81.7 Å². The Morgan fingerprint density at radius 2 is 0.721 bits per heavy atom. The molecule has 0 atom stereocenters. The second kappa shape index (κ2) is 35.0. The Kier molecular flexibility index (Phi) is 40.7. The summed E-state index contributed by atoms with van der Waals surface area (Å²) in [6, 6.07) is 0. The number of nitrogens with zero attached hydrogens (tertiary/aromatic N) is 2. The van der Waals surface area contributed by atoms with Gasteiger partial charge in [0.15, 0.2) is 0 Å². The molecule has 0 aromatic carbocycles. The smallest absolute Gasteiger partial charge is 0.466 e. The predicted molar refractivity (Wildman–Crippen MR) is 181 cm³/mol. The van der Waals surface area contributed by atoms with Gasteiger partial charge in [-0.25, -0.2) is 4.57 Å². The third-order valence-electron chi connectivity index (χ3n) is 6.94. The van der Waals surface area contributed by atoms with E-state index in [0.717, 1.165) is 0 Å². The molecule has 0 spiro atoms. The van der Waals surface area contributed by atoms with Crippen LogP contribution in [0.25, 0.3) is 0 Å². The molecule has 266 valence electrons. The second-order valence-electron chi connectivity index (χ2n) is 12.6. The van der Waals surface area contributed by atoms with E-state index in [1.807, 2.05) is 0 Å². The van der Waals surface area contributed by atoms with Crippen molar-refractivity contribution in [2.45, 2.75) is 156 Å². The summed E-state index contributed by atoms with van der Waals surface area (Å²) in [6.45, 7) is 10.9. The molecule has 0 radical (unpaired) electrons. The molecule has 12 heteroatoms. The van der Waals surface area contributed by atoms with Crippen molar-refractivity contribution < 1.29 is 43.0 Å².